The third-order valence-corrected chi connectivity index (χ3v) is 16.2. The summed E-state index contributed by atoms with van der Waals surface area (Å²) in [5, 5.41) is 26.6. The zero-order chi connectivity index (χ0) is 53.9. The molecule has 19 N–H and O–H groups in total. The number of fused-ring (bicyclic) bond motifs is 1. The van der Waals surface area contributed by atoms with Gasteiger partial charge in [-0.05, 0) is 6.42 Å². The summed E-state index contributed by atoms with van der Waals surface area (Å²) in [5.41, 5.74) is 4.14. The second kappa shape index (κ2) is 38.2. The molecule has 1 saturated heterocycles. The number of rotatable bonds is 41. The van der Waals surface area contributed by atoms with E-state index in [-0.39, 0.29) is 60.1 Å². The molecule has 8 unspecified atom stereocenters. The van der Waals surface area contributed by atoms with Crippen molar-refractivity contribution in [3.63, 3.8) is 0 Å². The molecule has 0 spiro atoms. The van der Waals surface area contributed by atoms with Gasteiger partial charge in [0.1, 0.15) is 36.3 Å². The number of quaternary nitrogens is 3. The van der Waals surface area contributed by atoms with Crippen LogP contribution in [0, 0.1) is 5.41 Å². The lowest BCUT2D eigenvalue weighted by atomic mass is 9.87. The van der Waals surface area contributed by atoms with Gasteiger partial charge in [-0.2, -0.15) is 0 Å². The Balaban J connectivity index is 0.0000187. The van der Waals surface area contributed by atoms with Gasteiger partial charge >= 0.3 is 0 Å². The fourth-order valence-electron chi connectivity index (χ4n) is 8.05. The molecule has 0 bridgehead atoms. The highest BCUT2D eigenvalue weighted by atomic mass is 32.2. The number of phosphoric acid groups is 3. The standard InChI is InChI=1S/C45H82N7O17P3S.3H3N/c1-4-5-6-7-8-9-10-11-12-13-14-15-16-17-18-19-20-21-22-23-24-25-36(54)73-29-28-47-35(53)26-27-48-43(57)40(56)45(2,3)31-66-72(63,64)69-71(61,62)65-30-34-39(68-70(58,59)60)38(55)44(67-34)52-33-51-37-41(46)49-32-50-42(37)52;;;/h32-34,38-40,44,55-56H,4-31H2,1-3H3,(H,47,53)(H,48,57)(H,61,62)(H,63,64)(H2,46,49,50)(H2,58,59,60);3*1H3. The Morgan fingerprint density at radius 2 is 1.30 bits per heavy atom. The predicted molar refractivity (Wildman–Crippen MR) is 286 cm³/mol. The van der Waals surface area contributed by atoms with Gasteiger partial charge in [0.25, 0.3) is 23.5 Å². The molecule has 1 aliphatic rings. The number of aliphatic hydroxyl groups is 2. The maximum atomic E-state index is 12.7. The minimum atomic E-state index is -5.90. The number of hydrogen-bond acceptors (Lipinski definition) is 21. The molecule has 31 heteroatoms. The average molecular weight is 1170 g/mol. The summed E-state index contributed by atoms with van der Waals surface area (Å²) >= 11 is 1.15. The van der Waals surface area contributed by atoms with Crippen molar-refractivity contribution < 1.29 is 80.5 Å². The molecule has 0 radical (unpaired) electrons. The monoisotopic (exact) mass is 1170 g/mol. The van der Waals surface area contributed by atoms with Crippen LogP contribution in [0.2, 0.25) is 0 Å². The average Bonchev–Trinajstić information content (AvgIpc) is 3.88. The molecule has 0 aliphatic carbocycles. The predicted octanol–water partition coefficient (Wildman–Crippen LogP) is 6.50. The molecule has 3 heterocycles. The quantitative estimate of drug-likeness (QED) is 0.0253. The van der Waals surface area contributed by atoms with E-state index in [9.17, 15) is 57.9 Å². The number of ether oxygens (including phenoxy) is 1. The van der Waals surface area contributed by atoms with Crippen LogP contribution < -0.4 is 49.5 Å². The van der Waals surface area contributed by atoms with Crippen LogP contribution in [0.1, 0.15) is 175 Å². The summed E-state index contributed by atoms with van der Waals surface area (Å²) in [7, 11) is -17.3. The Labute approximate surface area is 451 Å². The highest BCUT2D eigenvalue weighted by Crippen LogP contribution is 2.56. The van der Waals surface area contributed by atoms with Crippen LogP contribution in [0.25, 0.3) is 11.2 Å². The second-order valence-corrected chi connectivity index (χ2v) is 24.3. The molecular formula is C45H91N10O17P3S. The van der Waals surface area contributed by atoms with Gasteiger partial charge < -0.3 is 82.9 Å². The van der Waals surface area contributed by atoms with Crippen molar-refractivity contribution in [1.29, 1.82) is 0 Å². The third-order valence-electron chi connectivity index (χ3n) is 12.2. The SMILES string of the molecule is CCCCCCCCCCCCCCCCCCCCCCCC(=O)SCCNC(=O)CCNC(=O)C(O)C(C)(C)COP(=O)([O-])OP(=O)([O-])OCC1OC(n2cnc3c(N)ncnc32)C(O)C1OP(=O)([O-])O.[NH4+].[NH4+].[NH4+]. The van der Waals surface area contributed by atoms with E-state index >= 15 is 0 Å². The Hall–Kier alpha value is -2.56. The van der Waals surface area contributed by atoms with Gasteiger partial charge in [-0.3, -0.25) is 32.6 Å². The van der Waals surface area contributed by atoms with E-state index in [0.29, 0.717) is 12.2 Å². The number of nitrogen functional groups attached to an aromatic ring is 1. The number of hydrogen-bond donors (Lipinski definition) is 9. The number of anilines is 1. The van der Waals surface area contributed by atoms with E-state index in [1.54, 1.807) is 0 Å². The Morgan fingerprint density at radius 1 is 0.789 bits per heavy atom. The van der Waals surface area contributed by atoms with Crippen LogP contribution >= 0.6 is 35.2 Å². The summed E-state index contributed by atoms with van der Waals surface area (Å²) in [4.78, 5) is 95.1. The van der Waals surface area contributed by atoms with Crippen molar-refractivity contribution in [2.24, 2.45) is 5.41 Å². The van der Waals surface area contributed by atoms with Gasteiger partial charge in [-0.1, -0.05) is 161 Å². The third kappa shape index (κ3) is 29.1. The zero-order valence-corrected chi connectivity index (χ0v) is 49.0. The molecule has 1 aliphatic heterocycles. The first-order chi connectivity index (χ1) is 34.6. The molecule has 2 aromatic heterocycles. The maximum Gasteiger partial charge on any atom is 0.274 e. The first-order valence-electron chi connectivity index (χ1n) is 25.5. The summed E-state index contributed by atoms with van der Waals surface area (Å²) in [6.07, 6.45) is 20.4. The van der Waals surface area contributed by atoms with E-state index in [1.165, 1.54) is 129 Å². The summed E-state index contributed by atoms with van der Waals surface area (Å²) in [5.74, 6) is -1.10. The molecular weight excluding hydrogens is 1080 g/mol. The maximum absolute atomic E-state index is 12.7. The van der Waals surface area contributed by atoms with Crippen LogP contribution in [0.3, 0.4) is 0 Å². The van der Waals surface area contributed by atoms with Crippen LogP contribution in [0.5, 0.6) is 0 Å². The number of nitrogens with two attached hydrogens (primary N) is 1. The second-order valence-electron chi connectivity index (χ2n) is 19.0. The summed E-state index contributed by atoms with van der Waals surface area (Å²) < 4.78 is 61.3. The van der Waals surface area contributed by atoms with Gasteiger partial charge in [0.05, 0.1) is 19.5 Å². The number of imidazole rings is 1. The number of aromatic nitrogens is 4. The number of carbonyl (C=O) groups excluding carboxylic acids is 3. The van der Waals surface area contributed by atoms with Crippen LogP contribution in [0.4, 0.5) is 5.82 Å². The fraction of sp³-hybridized carbons (Fsp3) is 0.822. The fourth-order valence-corrected chi connectivity index (χ4v) is 11.5. The molecule has 0 aromatic carbocycles. The topological polar surface area (TPSA) is 482 Å². The molecule has 2 amide bonds. The number of phosphoric ester groups is 3. The molecule has 3 rings (SSSR count). The number of aliphatic hydroxyl groups excluding tert-OH is 2. The first-order valence-corrected chi connectivity index (χ1v) is 31.0. The van der Waals surface area contributed by atoms with Crippen molar-refractivity contribution in [2.45, 2.75) is 199 Å². The van der Waals surface area contributed by atoms with Crippen molar-refractivity contribution in [3.05, 3.63) is 12.7 Å². The summed E-state index contributed by atoms with van der Waals surface area (Å²) in [6.45, 7) is 2.50. The number of nitrogens with one attached hydrogen (secondary N) is 2. The first kappa shape index (κ1) is 73.4. The van der Waals surface area contributed by atoms with Crippen molar-refractivity contribution in [1.82, 2.24) is 48.6 Å². The number of amides is 2. The molecule has 27 nitrogen and oxygen atoms in total. The van der Waals surface area contributed by atoms with E-state index in [4.69, 9.17) is 10.5 Å². The molecule has 0 saturated carbocycles. The number of nitrogens with zero attached hydrogens (tertiary/aromatic N) is 4. The van der Waals surface area contributed by atoms with E-state index < -0.39 is 84.6 Å². The van der Waals surface area contributed by atoms with E-state index in [1.807, 2.05) is 0 Å². The largest absolute Gasteiger partial charge is 0.756 e. The van der Waals surface area contributed by atoms with Crippen LogP contribution in [0.15, 0.2) is 12.7 Å². The summed E-state index contributed by atoms with van der Waals surface area (Å²) in [6, 6.07) is 0. The smallest absolute Gasteiger partial charge is 0.274 e. The van der Waals surface area contributed by atoms with Crippen LogP contribution in [-0.2, 0) is 50.7 Å². The zero-order valence-electron chi connectivity index (χ0n) is 45.5. The Kier molecular flexibility index (Phi) is 36.9. The van der Waals surface area contributed by atoms with Crippen molar-refractivity contribution in [3.8, 4) is 0 Å². The highest BCUT2D eigenvalue weighted by molar-refractivity contribution is 8.13. The Bertz CT molecular complexity index is 2110. The van der Waals surface area contributed by atoms with Crippen LogP contribution in [-0.4, -0.2) is 108 Å². The minimum Gasteiger partial charge on any atom is -0.756 e. The number of carbonyl (C=O) groups is 3. The molecule has 444 valence electrons. The number of thioether (sulfide) groups is 1. The lowest BCUT2D eigenvalue weighted by Crippen LogP contribution is -2.46. The normalized spacial score (nSPS) is 19.3. The Morgan fingerprint density at radius 3 is 1.83 bits per heavy atom. The van der Waals surface area contributed by atoms with Gasteiger partial charge in [-0.15, -0.1) is 0 Å². The minimum absolute atomic E-state index is 0. The van der Waals surface area contributed by atoms with Gasteiger partial charge in [0, 0.05) is 37.1 Å². The lowest BCUT2D eigenvalue weighted by Gasteiger charge is -2.35. The van der Waals surface area contributed by atoms with Gasteiger partial charge in [0.15, 0.2) is 22.8 Å². The highest BCUT2D eigenvalue weighted by Gasteiger charge is 2.48. The van der Waals surface area contributed by atoms with E-state index in [0.717, 1.165) is 48.2 Å². The lowest BCUT2D eigenvalue weighted by molar-refractivity contribution is -0.247. The van der Waals surface area contributed by atoms with Crippen molar-refractivity contribution in [2.75, 3.05) is 37.8 Å². The number of unbranched alkanes of at least 4 members (excludes halogenated alkanes) is 20. The van der Waals surface area contributed by atoms with E-state index in [2.05, 4.69) is 50.4 Å². The molecule has 76 heavy (non-hydrogen) atoms. The molecule has 1 fully saturated rings. The van der Waals surface area contributed by atoms with Gasteiger partial charge in [-0.25, -0.2) is 19.3 Å². The molecule has 2 aromatic rings. The van der Waals surface area contributed by atoms with Gasteiger partial charge in [0.2, 0.25) is 11.8 Å². The van der Waals surface area contributed by atoms with Crippen molar-refractivity contribution >= 4 is 69.1 Å². The molecule has 8 atom stereocenters.